The van der Waals surface area contributed by atoms with Gasteiger partial charge in [0, 0.05) is 0 Å². The van der Waals surface area contributed by atoms with E-state index in [1.165, 1.54) is 0 Å². The molecule has 0 aliphatic carbocycles. The molecule has 0 aliphatic heterocycles. The number of hydrogen-bond donors (Lipinski definition) is 3. The standard InChI is InChI=1S/C18H34O7S/c1-5-9-13(7-3)11-15(16(19)20)18(17(21)22,26(23,24)25)12-14(8-4)10-6-2/h13-15H,5-12H2,1-4H3,(H,19,20)(H,21,22)(H,23,24,25). The minimum Gasteiger partial charge on any atom is -0.481 e. The molecule has 0 aromatic heterocycles. The summed E-state index contributed by atoms with van der Waals surface area (Å²) in [6.07, 6.45) is 3.38. The third kappa shape index (κ3) is 5.94. The normalized spacial score (nSPS) is 17.9. The van der Waals surface area contributed by atoms with Crippen LogP contribution in [0.3, 0.4) is 0 Å². The van der Waals surface area contributed by atoms with Gasteiger partial charge in [-0.05, 0) is 24.7 Å². The van der Waals surface area contributed by atoms with Crippen molar-refractivity contribution < 1.29 is 32.8 Å². The lowest BCUT2D eigenvalue weighted by Gasteiger charge is -2.36. The van der Waals surface area contributed by atoms with Crippen LogP contribution in [0.1, 0.15) is 79.1 Å². The van der Waals surface area contributed by atoms with E-state index < -0.39 is 39.1 Å². The highest BCUT2D eigenvalue weighted by molar-refractivity contribution is 7.88. The largest absolute Gasteiger partial charge is 0.481 e. The van der Waals surface area contributed by atoms with Gasteiger partial charge in [0.05, 0.1) is 5.92 Å². The van der Waals surface area contributed by atoms with Gasteiger partial charge in [-0.15, -0.1) is 0 Å². The fraction of sp³-hybridized carbons (Fsp3) is 0.889. The monoisotopic (exact) mass is 394 g/mol. The van der Waals surface area contributed by atoms with Crippen LogP contribution in [-0.4, -0.2) is 39.9 Å². The van der Waals surface area contributed by atoms with Crippen molar-refractivity contribution in [2.45, 2.75) is 83.8 Å². The molecule has 0 rings (SSSR count). The Balaban J connectivity index is 6.28. The zero-order valence-corrected chi connectivity index (χ0v) is 17.1. The Morgan fingerprint density at radius 1 is 0.923 bits per heavy atom. The number of carboxylic acids is 2. The first-order valence-electron chi connectivity index (χ1n) is 9.44. The summed E-state index contributed by atoms with van der Waals surface area (Å²) in [5.74, 6) is -5.39. The first-order chi connectivity index (χ1) is 12.0. The average Bonchev–Trinajstić information content (AvgIpc) is 2.54. The van der Waals surface area contributed by atoms with Crippen molar-refractivity contribution in [2.75, 3.05) is 0 Å². The Hall–Kier alpha value is -1.15. The zero-order valence-electron chi connectivity index (χ0n) is 16.3. The van der Waals surface area contributed by atoms with E-state index in [-0.39, 0.29) is 18.3 Å². The summed E-state index contributed by atoms with van der Waals surface area (Å²) in [5, 5.41) is 19.5. The molecule has 7 nitrogen and oxygen atoms in total. The SMILES string of the molecule is CCCC(CC)CC(C(=O)O)C(CC(CC)CCC)(C(=O)O)S(=O)(=O)O. The third-order valence-electron chi connectivity index (χ3n) is 5.39. The zero-order chi connectivity index (χ0) is 20.5. The van der Waals surface area contributed by atoms with Gasteiger partial charge in [0.15, 0.2) is 0 Å². The predicted molar refractivity (Wildman–Crippen MR) is 99.7 cm³/mol. The van der Waals surface area contributed by atoms with Crippen LogP contribution >= 0.6 is 0 Å². The summed E-state index contributed by atoms with van der Waals surface area (Å²) in [7, 11) is -5.14. The maximum atomic E-state index is 12.2. The summed E-state index contributed by atoms with van der Waals surface area (Å²) in [4.78, 5) is 24.0. The van der Waals surface area contributed by atoms with Crippen molar-refractivity contribution in [3.05, 3.63) is 0 Å². The van der Waals surface area contributed by atoms with Crippen LogP contribution in [0.5, 0.6) is 0 Å². The van der Waals surface area contributed by atoms with Crippen LogP contribution in [0.15, 0.2) is 0 Å². The van der Waals surface area contributed by atoms with E-state index in [0.29, 0.717) is 32.1 Å². The molecule has 8 heteroatoms. The molecule has 0 saturated heterocycles. The van der Waals surface area contributed by atoms with E-state index in [1.54, 1.807) is 6.92 Å². The van der Waals surface area contributed by atoms with Crippen molar-refractivity contribution in [1.82, 2.24) is 0 Å². The molecule has 0 fully saturated rings. The quantitative estimate of drug-likeness (QED) is 0.382. The topological polar surface area (TPSA) is 129 Å². The molecule has 4 atom stereocenters. The molecule has 0 bridgehead atoms. The van der Waals surface area contributed by atoms with Crippen LogP contribution in [0.25, 0.3) is 0 Å². The first-order valence-corrected chi connectivity index (χ1v) is 10.9. The average molecular weight is 395 g/mol. The van der Waals surface area contributed by atoms with Crippen LogP contribution in [0.4, 0.5) is 0 Å². The maximum Gasteiger partial charge on any atom is 0.328 e. The third-order valence-corrected chi connectivity index (χ3v) is 6.94. The molecule has 0 spiro atoms. The number of aliphatic carboxylic acids is 2. The molecule has 154 valence electrons. The van der Waals surface area contributed by atoms with E-state index in [2.05, 4.69) is 0 Å². The Morgan fingerprint density at radius 2 is 1.38 bits per heavy atom. The minimum atomic E-state index is -5.14. The highest BCUT2D eigenvalue weighted by Crippen LogP contribution is 2.40. The summed E-state index contributed by atoms with van der Waals surface area (Å²) < 4.78 is 31.6. The molecule has 26 heavy (non-hydrogen) atoms. The molecule has 0 aliphatic rings. The Morgan fingerprint density at radius 3 is 1.69 bits per heavy atom. The highest BCUT2D eigenvalue weighted by atomic mass is 32.2. The van der Waals surface area contributed by atoms with Crippen LogP contribution < -0.4 is 0 Å². The van der Waals surface area contributed by atoms with Crippen molar-refractivity contribution in [2.24, 2.45) is 17.8 Å². The molecule has 0 heterocycles. The van der Waals surface area contributed by atoms with Gasteiger partial charge in [0.2, 0.25) is 4.75 Å². The van der Waals surface area contributed by atoms with Gasteiger partial charge in [0.1, 0.15) is 0 Å². The van der Waals surface area contributed by atoms with Gasteiger partial charge in [-0.1, -0.05) is 66.2 Å². The summed E-state index contributed by atoms with van der Waals surface area (Å²) >= 11 is 0. The van der Waals surface area contributed by atoms with Crippen molar-refractivity contribution in [3.63, 3.8) is 0 Å². The lowest BCUT2D eigenvalue weighted by atomic mass is 9.76. The molecule has 0 amide bonds. The van der Waals surface area contributed by atoms with Crippen LogP contribution in [-0.2, 0) is 19.7 Å². The first kappa shape index (κ1) is 24.8. The lowest BCUT2D eigenvalue weighted by Crippen LogP contribution is -2.56. The number of hydrogen-bond acceptors (Lipinski definition) is 4. The maximum absolute atomic E-state index is 12.2. The van der Waals surface area contributed by atoms with Gasteiger partial charge in [-0.2, -0.15) is 8.42 Å². The van der Waals surface area contributed by atoms with Gasteiger partial charge >= 0.3 is 11.9 Å². The van der Waals surface area contributed by atoms with Gasteiger partial charge in [-0.3, -0.25) is 14.1 Å². The second-order valence-electron chi connectivity index (χ2n) is 7.13. The minimum absolute atomic E-state index is 0.0890. The van der Waals surface area contributed by atoms with E-state index in [4.69, 9.17) is 0 Å². The molecule has 3 N–H and O–H groups in total. The highest BCUT2D eigenvalue weighted by Gasteiger charge is 2.60. The summed E-state index contributed by atoms with van der Waals surface area (Å²) in [5.41, 5.74) is 0. The van der Waals surface area contributed by atoms with Gasteiger partial charge in [-0.25, -0.2) is 0 Å². The van der Waals surface area contributed by atoms with E-state index in [9.17, 15) is 32.8 Å². The predicted octanol–water partition coefficient (Wildman–Crippen LogP) is 3.83. The Labute approximate surface area is 156 Å². The molecule has 0 aromatic carbocycles. The second kappa shape index (κ2) is 10.9. The van der Waals surface area contributed by atoms with Crippen LogP contribution in [0.2, 0.25) is 0 Å². The fourth-order valence-electron chi connectivity index (χ4n) is 3.78. The molecule has 0 aromatic rings. The van der Waals surface area contributed by atoms with E-state index in [0.717, 1.165) is 6.42 Å². The van der Waals surface area contributed by atoms with Crippen molar-refractivity contribution in [1.29, 1.82) is 0 Å². The molecular formula is C18H34O7S. The summed E-state index contributed by atoms with van der Waals surface area (Å²) in [6, 6.07) is 0. The van der Waals surface area contributed by atoms with Crippen molar-refractivity contribution >= 4 is 22.1 Å². The van der Waals surface area contributed by atoms with Crippen molar-refractivity contribution in [3.8, 4) is 0 Å². The number of carboxylic acid groups (broad SMARTS) is 2. The molecule has 0 saturated carbocycles. The fourth-order valence-corrected chi connectivity index (χ4v) is 5.01. The van der Waals surface area contributed by atoms with Gasteiger partial charge in [0.25, 0.3) is 10.1 Å². The molecule has 4 unspecified atom stereocenters. The van der Waals surface area contributed by atoms with Crippen LogP contribution in [0, 0.1) is 17.8 Å². The Bertz CT molecular complexity index is 558. The Kier molecular flexibility index (Phi) is 10.4. The van der Waals surface area contributed by atoms with E-state index >= 15 is 0 Å². The number of carbonyl (C=O) groups is 2. The number of rotatable bonds is 14. The smallest absolute Gasteiger partial charge is 0.328 e. The summed E-state index contributed by atoms with van der Waals surface area (Å²) in [6.45, 7) is 7.49. The second-order valence-corrected chi connectivity index (χ2v) is 8.80. The molecular weight excluding hydrogens is 360 g/mol. The lowest BCUT2D eigenvalue weighted by molar-refractivity contribution is -0.153. The van der Waals surface area contributed by atoms with Gasteiger partial charge < -0.3 is 10.2 Å². The van der Waals surface area contributed by atoms with E-state index in [1.807, 2.05) is 20.8 Å². The molecule has 0 radical (unpaired) electrons.